The average molecular weight is 407 g/mol. The quantitative estimate of drug-likeness (QED) is 0.776. The van der Waals surface area contributed by atoms with Gasteiger partial charge in [-0.2, -0.15) is 0 Å². The highest BCUT2D eigenvalue weighted by Gasteiger charge is 2.26. The van der Waals surface area contributed by atoms with Crippen molar-refractivity contribution in [3.63, 3.8) is 0 Å². The molecule has 0 aliphatic rings. The van der Waals surface area contributed by atoms with Crippen LogP contribution in [0.2, 0.25) is 10.0 Å². The Hall–Kier alpha value is -2.04. The minimum Gasteiger partial charge on any atom is -0.357 e. The van der Waals surface area contributed by atoms with Gasteiger partial charge in [0, 0.05) is 13.6 Å². The normalized spacial score (nSPS) is 11.8. The molecule has 1 atom stereocenters. The lowest BCUT2D eigenvalue weighted by molar-refractivity contribution is -0.139. The van der Waals surface area contributed by atoms with Crippen LogP contribution in [-0.4, -0.2) is 29.8 Å². The van der Waals surface area contributed by atoms with Crippen LogP contribution in [0.5, 0.6) is 0 Å². The number of hydrogen-bond acceptors (Lipinski definition) is 2. The first-order valence-corrected chi connectivity index (χ1v) is 9.49. The van der Waals surface area contributed by atoms with Crippen molar-refractivity contribution in [1.82, 2.24) is 10.2 Å². The highest BCUT2D eigenvalue weighted by atomic mass is 35.5. The fourth-order valence-corrected chi connectivity index (χ4v) is 3.20. The van der Waals surface area contributed by atoms with Crippen LogP contribution >= 0.6 is 23.2 Å². The number of carbonyl (C=O) groups is 2. The second-order valence-electron chi connectivity index (χ2n) is 6.67. The van der Waals surface area contributed by atoms with E-state index in [2.05, 4.69) is 5.32 Å². The van der Waals surface area contributed by atoms with Gasteiger partial charge in [-0.1, -0.05) is 53.0 Å². The van der Waals surface area contributed by atoms with Gasteiger partial charge < -0.3 is 10.2 Å². The van der Waals surface area contributed by atoms with Crippen molar-refractivity contribution in [2.45, 2.75) is 39.8 Å². The molecule has 0 saturated carbocycles. The summed E-state index contributed by atoms with van der Waals surface area (Å²) in [5.41, 5.74) is 3.92. The summed E-state index contributed by atoms with van der Waals surface area (Å²) in [5, 5.41) is 3.48. The Bertz CT molecular complexity index is 852. The summed E-state index contributed by atoms with van der Waals surface area (Å²) in [6, 6.07) is 10.6. The molecule has 4 nitrogen and oxygen atoms in total. The summed E-state index contributed by atoms with van der Waals surface area (Å²) in [7, 11) is 1.56. The van der Waals surface area contributed by atoms with Gasteiger partial charge in [-0.25, -0.2) is 0 Å². The predicted octanol–water partition coefficient (Wildman–Crippen LogP) is 4.32. The van der Waals surface area contributed by atoms with Crippen LogP contribution in [0.4, 0.5) is 0 Å². The van der Waals surface area contributed by atoms with E-state index in [0.717, 1.165) is 22.3 Å². The molecule has 0 aliphatic heterocycles. The lowest BCUT2D eigenvalue weighted by atomic mass is 10.0. The zero-order valence-corrected chi connectivity index (χ0v) is 17.5. The molecule has 0 radical (unpaired) electrons. The van der Waals surface area contributed by atoms with Gasteiger partial charge in [0.15, 0.2) is 0 Å². The van der Waals surface area contributed by atoms with Crippen LogP contribution in [0, 0.1) is 13.8 Å². The van der Waals surface area contributed by atoms with Crippen molar-refractivity contribution >= 4 is 35.0 Å². The summed E-state index contributed by atoms with van der Waals surface area (Å²) < 4.78 is 0. The second kappa shape index (κ2) is 9.25. The highest BCUT2D eigenvalue weighted by Crippen LogP contribution is 2.24. The lowest BCUT2D eigenvalue weighted by Gasteiger charge is -2.29. The smallest absolute Gasteiger partial charge is 0.242 e. The summed E-state index contributed by atoms with van der Waals surface area (Å²) in [4.78, 5) is 26.8. The van der Waals surface area contributed by atoms with Crippen LogP contribution in [0.15, 0.2) is 36.4 Å². The first-order chi connectivity index (χ1) is 12.7. The first-order valence-electron chi connectivity index (χ1n) is 8.74. The van der Waals surface area contributed by atoms with Crippen molar-refractivity contribution in [2.75, 3.05) is 7.05 Å². The summed E-state index contributed by atoms with van der Waals surface area (Å²) >= 11 is 12.1. The Morgan fingerprint density at radius 1 is 1.07 bits per heavy atom. The molecule has 1 unspecified atom stereocenters. The zero-order chi connectivity index (χ0) is 20.1. The summed E-state index contributed by atoms with van der Waals surface area (Å²) in [6.07, 6.45) is 0.232. The van der Waals surface area contributed by atoms with E-state index in [4.69, 9.17) is 23.2 Å². The molecule has 0 saturated heterocycles. The fourth-order valence-electron chi connectivity index (χ4n) is 2.88. The fraction of sp³-hybridized carbons (Fsp3) is 0.333. The molecule has 1 N–H and O–H groups in total. The standard InChI is InChI=1S/C21H24Cl2N2O2/c1-13-5-6-14(2)17(9-13)11-20(26)25(15(3)21(27)24-4)12-16-7-8-18(22)19(23)10-16/h5-10,15H,11-12H2,1-4H3,(H,24,27). The molecule has 2 aromatic carbocycles. The summed E-state index contributed by atoms with van der Waals surface area (Å²) in [5.74, 6) is -0.338. The predicted molar refractivity (Wildman–Crippen MR) is 110 cm³/mol. The molecule has 0 bridgehead atoms. The number of hydrogen-bond donors (Lipinski definition) is 1. The minimum atomic E-state index is -0.609. The van der Waals surface area contributed by atoms with Gasteiger partial charge in [-0.3, -0.25) is 9.59 Å². The molecule has 2 rings (SSSR count). The Kier molecular flexibility index (Phi) is 7.28. The monoisotopic (exact) mass is 406 g/mol. The molecule has 0 heterocycles. The Morgan fingerprint density at radius 3 is 2.41 bits per heavy atom. The van der Waals surface area contributed by atoms with Crippen LogP contribution in [0.25, 0.3) is 0 Å². The van der Waals surface area contributed by atoms with Gasteiger partial charge in [0.05, 0.1) is 16.5 Å². The molecule has 0 aliphatic carbocycles. The van der Waals surface area contributed by atoms with E-state index in [0.29, 0.717) is 10.0 Å². The lowest BCUT2D eigenvalue weighted by Crippen LogP contribution is -2.47. The van der Waals surface area contributed by atoms with E-state index in [1.54, 1.807) is 31.0 Å². The highest BCUT2D eigenvalue weighted by molar-refractivity contribution is 6.42. The van der Waals surface area contributed by atoms with Gasteiger partial charge in [0.2, 0.25) is 11.8 Å². The number of halogens is 2. The number of likely N-dealkylation sites (N-methyl/N-ethyl adjacent to an activating group) is 1. The molecule has 144 valence electrons. The number of aryl methyl sites for hydroxylation is 2. The third kappa shape index (κ3) is 5.47. The van der Waals surface area contributed by atoms with Crippen molar-refractivity contribution < 1.29 is 9.59 Å². The van der Waals surface area contributed by atoms with E-state index < -0.39 is 6.04 Å². The number of nitrogens with zero attached hydrogens (tertiary/aromatic N) is 1. The first kappa shape index (κ1) is 21.3. The number of nitrogens with one attached hydrogen (secondary N) is 1. The van der Waals surface area contributed by atoms with Gasteiger partial charge in [0.25, 0.3) is 0 Å². The molecular formula is C21H24Cl2N2O2. The maximum atomic E-state index is 13.1. The number of benzene rings is 2. The van der Waals surface area contributed by atoms with Crippen LogP contribution in [0.1, 0.15) is 29.2 Å². The topological polar surface area (TPSA) is 49.4 Å². The molecule has 0 fully saturated rings. The Morgan fingerprint density at radius 2 is 1.78 bits per heavy atom. The molecular weight excluding hydrogens is 383 g/mol. The largest absolute Gasteiger partial charge is 0.357 e. The van der Waals surface area contributed by atoms with Crippen LogP contribution in [-0.2, 0) is 22.6 Å². The number of amides is 2. The van der Waals surface area contributed by atoms with Crippen LogP contribution in [0.3, 0.4) is 0 Å². The van der Waals surface area contributed by atoms with E-state index in [1.807, 2.05) is 38.1 Å². The SMILES string of the molecule is CNC(=O)C(C)N(Cc1ccc(Cl)c(Cl)c1)C(=O)Cc1cc(C)ccc1C. The average Bonchev–Trinajstić information content (AvgIpc) is 2.64. The third-order valence-electron chi connectivity index (χ3n) is 4.60. The van der Waals surface area contributed by atoms with Gasteiger partial charge >= 0.3 is 0 Å². The van der Waals surface area contributed by atoms with E-state index in [9.17, 15) is 9.59 Å². The maximum absolute atomic E-state index is 13.1. The molecule has 0 aromatic heterocycles. The van der Waals surface area contributed by atoms with Gasteiger partial charge in [-0.05, 0) is 49.6 Å². The molecule has 2 amide bonds. The van der Waals surface area contributed by atoms with Crippen molar-refractivity contribution in [3.8, 4) is 0 Å². The van der Waals surface area contributed by atoms with E-state index in [1.165, 1.54) is 0 Å². The van der Waals surface area contributed by atoms with E-state index >= 15 is 0 Å². The molecule has 6 heteroatoms. The van der Waals surface area contributed by atoms with Crippen molar-refractivity contribution in [2.24, 2.45) is 0 Å². The van der Waals surface area contributed by atoms with Gasteiger partial charge in [-0.15, -0.1) is 0 Å². The zero-order valence-electron chi connectivity index (χ0n) is 16.0. The summed E-state index contributed by atoms with van der Waals surface area (Å²) in [6.45, 7) is 5.97. The van der Waals surface area contributed by atoms with Crippen LogP contribution < -0.4 is 5.32 Å². The van der Waals surface area contributed by atoms with Crippen molar-refractivity contribution in [1.29, 1.82) is 0 Å². The Labute approximate surface area is 170 Å². The number of carbonyl (C=O) groups excluding carboxylic acids is 2. The molecule has 27 heavy (non-hydrogen) atoms. The number of rotatable bonds is 6. The minimum absolute atomic E-state index is 0.120. The Balaban J connectivity index is 2.30. The van der Waals surface area contributed by atoms with E-state index in [-0.39, 0.29) is 24.8 Å². The van der Waals surface area contributed by atoms with Gasteiger partial charge in [0.1, 0.15) is 6.04 Å². The molecule has 2 aromatic rings. The second-order valence-corrected chi connectivity index (χ2v) is 7.48. The molecule has 0 spiro atoms. The van der Waals surface area contributed by atoms with Crippen molar-refractivity contribution in [3.05, 3.63) is 68.7 Å². The third-order valence-corrected chi connectivity index (χ3v) is 5.34. The maximum Gasteiger partial charge on any atom is 0.242 e.